The van der Waals surface area contributed by atoms with E-state index in [1.54, 1.807) is 5.38 Å². The SMILES string of the molecule is Cc1cccc(C(=O)c2csc(C(C)N)n2)c1C. The van der Waals surface area contributed by atoms with Gasteiger partial charge in [-0.2, -0.15) is 0 Å². The zero-order valence-electron chi connectivity index (χ0n) is 10.7. The molecule has 1 unspecified atom stereocenters. The number of carbonyl (C=O) groups excluding carboxylic acids is 1. The van der Waals surface area contributed by atoms with Crippen molar-refractivity contribution >= 4 is 17.1 Å². The van der Waals surface area contributed by atoms with Gasteiger partial charge in [-0.1, -0.05) is 18.2 Å². The molecule has 94 valence electrons. The van der Waals surface area contributed by atoms with Gasteiger partial charge in [-0.25, -0.2) is 4.98 Å². The molecule has 1 heterocycles. The zero-order valence-corrected chi connectivity index (χ0v) is 11.5. The van der Waals surface area contributed by atoms with Gasteiger partial charge in [0.15, 0.2) is 0 Å². The summed E-state index contributed by atoms with van der Waals surface area (Å²) < 4.78 is 0. The first-order valence-corrected chi connectivity index (χ1v) is 6.70. The fraction of sp³-hybridized carbons (Fsp3) is 0.286. The fourth-order valence-corrected chi connectivity index (χ4v) is 2.49. The van der Waals surface area contributed by atoms with Gasteiger partial charge >= 0.3 is 0 Å². The van der Waals surface area contributed by atoms with Gasteiger partial charge in [-0.3, -0.25) is 4.79 Å². The summed E-state index contributed by atoms with van der Waals surface area (Å²) in [5, 5.41) is 2.58. The zero-order chi connectivity index (χ0) is 13.3. The second-order valence-electron chi connectivity index (χ2n) is 4.44. The number of nitrogens with two attached hydrogens (primary N) is 1. The molecular formula is C14H16N2OS. The van der Waals surface area contributed by atoms with Crippen LogP contribution in [0.3, 0.4) is 0 Å². The third-order valence-corrected chi connectivity index (χ3v) is 4.04. The van der Waals surface area contributed by atoms with E-state index >= 15 is 0 Å². The van der Waals surface area contributed by atoms with Crippen LogP contribution in [0.4, 0.5) is 0 Å². The first-order chi connectivity index (χ1) is 8.50. The number of hydrogen-bond acceptors (Lipinski definition) is 4. The Kier molecular flexibility index (Phi) is 3.59. The van der Waals surface area contributed by atoms with Crippen LogP contribution in [0.1, 0.15) is 45.2 Å². The highest BCUT2D eigenvalue weighted by molar-refractivity contribution is 7.09. The Bertz CT molecular complexity index is 587. The van der Waals surface area contributed by atoms with E-state index in [9.17, 15) is 4.79 Å². The van der Waals surface area contributed by atoms with Gasteiger partial charge in [0, 0.05) is 10.9 Å². The number of thiazole rings is 1. The Morgan fingerprint density at radius 3 is 2.72 bits per heavy atom. The van der Waals surface area contributed by atoms with Gasteiger partial charge in [-0.15, -0.1) is 11.3 Å². The van der Waals surface area contributed by atoms with Crippen LogP contribution >= 0.6 is 11.3 Å². The smallest absolute Gasteiger partial charge is 0.212 e. The van der Waals surface area contributed by atoms with Gasteiger partial charge in [0.1, 0.15) is 10.7 Å². The van der Waals surface area contributed by atoms with Crippen LogP contribution in [0.15, 0.2) is 23.6 Å². The maximum atomic E-state index is 12.4. The predicted molar refractivity (Wildman–Crippen MR) is 74.1 cm³/mol. The summed E-state index contributed by atoms with van der Waals surface area (Å²) >= 11 is 1.43. The quantitative estimate of drug-likeness (QED) is 0.863. The molecule has 18 heavy (non-hydrogen) atoms. The van der Waals surface area contributed by atoms with Crippen molar-refractivity contribution in [2.75, 3.05) is 0 Å². The van der Waals surface area contributed by atoms with E-state index in [1.807, 2.05) is 39.0 Å². The molecule has 0 saturated carbocycles. The van der Waals surface area contributed by atoms with Crippen LogP contribution in [-0.4, -0.2) is 10.8 Å². The normalized spacial score (nSPS) is 12.4. The Morgan fingerprint density at radius 2 is 2.11 bits per heavy atom. The minimum absolute atomic E-state index is 0.0284. The molecule has 2 aromatic rings. The van der Waals surface area contributed by atoms with E-state index in [0.717, 1.165) is 21.7 Å². The largest absolute Gasteiger partial charge is 0.322 e. The first-order valence-electron chi connectivity index (χ1n) is 5.82. The lowest BCUT2D eigenvalue weighted by Crippen LogP contribution is -2.08. The molecule has 0 fully saturated rings. The third-order valence-electron chi connectivity index (χ3n) is 2.99. The number of benzene rings is 1. The van der Waals surface area contributed by atoms with Crippen molar-refractivity contribution in [1.82, 2.24) is 4.98 Å². The van der Waals surface area contributed by atoms with Gasteiger partial charge < -0.3 is 5.73 Å². The van der Waals surface area contributed by atoms with Gasteiger partial charge in [-0.05, 0) is 31.9 Å². The average molecular weight is 260 g/mol. The summed E-state index contributed by atoms with van der Waals surface area (Å²) in [5.74, 6) is -0.0284. The number of rotatable bonds is 3. The first kappa shape index (κ1) is 12.9. The number of nitrogens with zero attached hydrogens (tertiary/aromatic N) is 1. The molecular weight excluding hydrogens is 244 g/mol. The summed E-state index contributed by atoms with van der Waals surface area (Å²) in [4.78, 5) is 16.7. The van der Waals surface area contributed by atoms with Gasteiger partial charge in [0.05, 0.1) is 6.04 Å². The molecule has 1 aromatic heterocycles. The van der Waals surface area contributed by atoms with E-state index in [4.69, 9.17) is 5.73 Å². The fourth-order valence-electron chi connectivity index (χ4n) is 1.74. The minimum atomic E-state index is -0.129. The molecule has 4 heteroatoms. The molecule has 0 radical (unpaired) electrons. The van der Waals surface area contributed by atoms with Crippen molar-refractivity contribution in [1.29, 1.82) is 0 Å². The Labute approximate surface area is 111 Å². The highest BCUT2D eigenvalue weighted by Crippen LogP contribution is 2.21. The lowest BCUT2D eigenvalue weighted by Gasteiger charge is -2.05. The molecule has 2 N–H and O–H groups in total. The number of carbonyl (C=O) groups is 1. The molecule has 2 rings (SSSR count). The lowest BCUT2D eigenvalue weighted by atomic mass is 9.99. The summed E-state index contributed by atoms with van der Waals surface area (Å²) in [6, 6.07) is 5.61. The van der Waals surface area contributed by atoms with Crippen LogP contribution in [0.25, 0.3) is 0 Å². The monoisotopic (exact) mass is 260 g/mol. The van der Waals surface area contributed by atoms with Crippen LogP contribution in [0.2, 0.25) is 0 Å². The van der Waals surface area contributed by atoms with Crippen molar-refractivity contribution in [2.24, 2.45) is 5.73 Å². The number of aryl methyl sites for hydroxylation is 1. The molecule has 0 aliphatic carbocycles. The van der Waals surface area contributed by atoms with Gasteiger partial charge in [0.2, 0.25) is 5.78 Å². The van der Waals surface area contributed by atoms with Crippen molar-refractivity contribution in [2.45, 2.75) is 26.8 Å². The summed E-state index contributed by atoms with van der Waals surface area (Å²) in [6.07, 6.45) is 0. The molecule has 0 aliphatic rings. The van der Waals surface area contributed by atoms with Gasteiger partial charge in [0.25, 0.3) is 0 Å². The molecule has 0 bridgehead atoms. The third kappa shape index (κ3) is 2.35. The molecule has 0 saturated heterocycles. The summed E-state index contributed by atoms with van der Waals surface area (Å²) in [6.45, 7) is 5.83. The van der Waals surface area contributed by atoms with Crippen molar-refractivity contribution in [3.63, 3.8) is 0 Å². The standard InChI is InChI=1S/C14H16N2OS/c1-8-5-4-6-11(9(8)2)13(17)12-7-18-14(16-12)10(3)15/h4-7,10H,15H2,1-3H3. The van der Waals surface area contributed by atoms with E-state index < -0.39 is 0 Å². The highest BCUT2D eigenvalue weighted by Gasteiger charge is 2.16. The van der Waals surface area contributed by atoms with Crippen LogP contribution in [0, 0.1) is 13.8 Å². The highest BCUT2D eigenvalue weighted by atomic mass is 32.1. The number of ketones is 1. The summed E-state index contributed by atoms with van der Waals surface area (Å²) in [7, 11) is 0. The molecule has 0 aliphatic heterocycles. The second-order valence-corrected chi connectivity index (χ2v) is 5.33. The van der Waals surface area contributed by atoms with Crippen molar-refractivity contribution in [3.8, 4) is 0 Å². The molecule has 1 aromatic carbocycles. The Balaban J connectivity index is 2.38. The Morgan fingerprint density at radius 1 is 1.39 bits per heavy atom. The van der Waals surface area contributed by atoms with Crippen molar-refractivity contribution < 1.29 is 4.79 Å². The molecule has 0 amide bonds. The predicted octanol–water partition coefficient (Wildman–Crippen LogP) is 3.01. The van der Waals surface area contributed by atoms with E-state index in [-0.39, 0.29) is 11.8 Å². The maximum absolute atomic E-state index is 12.4. The Hall–Kier alpha value is -1.52. The molecule has 1 atom stereocenters. The molecule has 3 nitrogen and oxygen atoms in total. The van der Waals surface area contributed by atoms with Crippen LogP contribution in [-0.2, 0) is 0 Å². The second kappa shape index (κ2) is 5.00. The lowest BCUT2D eigenvalue weighted by molar-refractivity contribution is 0.103. The van der Waals surface area contributed by atoms with E-state index in [1.165, 1.54) is 11.3 Å². The van der Waals surface area contributed by atoms with Crippen LogP contribution < -0.4 is 5.73 Å². The maximum Gasteiger partial charge on any atom is 0.212 e. The minimum Gasteiger partial charge on any atom is -0.322 e. The molecule has 0 spiro atoms. The number of hydrogen-bond donors (Lipinski definition) is 1. The average Bonchev–Trinajstić information content (AvgIpc) is 2.81. The van der Waals surface area contributed by atoms with Crippen molar-refractivity contribution in [3.05, 3.63) is 51.0 Å². The van der Waals surface area contributed by atoms with Crippen LogP contribution in [0.5, 0.6) is 0 Å². The summed E-state index contributed by atoms with van der Waals surface area (Å²) in [5.41, 5.74) is 9.09. The van der Waals surface area contributed by atoms with E-state index in [2.05, 4.69) is 4.98 Å². The topological polar surface area (TPSA) is 56.0 Å². The van der Waals surface area contributed by atoms with E-state index in [0.29, 0.717) is 5.69 Å². The number of aromatic nitrogens is 1.